The fourth-order valence-electron chi connectivity index (χ4n) is 2.35. The van der Waals surface area contributed by atoms with E-state index in [2.05, 4.69) is 5.32 Å². The van der Waals surface area contributed by atoms with Gasteiger partial charge in [-0.15, -0.1) is 0 Å². The van der Waals surface area contributed by atoms with Gasteiger partial charge in [-0.2, -0.15) is 5.26 Å². The summed E-state index contributed by atoms with van der Waals surface area (Å²) in [4.78, 5) is 24.2. The van der Waals surface area contributed by atoms with E-state index in [4.69, 9.17) is 10.00 Å². The summed E-state index contributed by atoms with van der Waals surface area (Å²) in [6, 6.07) is 9.32. The highest BCUT2D eigenvalue weighted by Crippen LogP contribution is 2.28. The molecule has 110 valence electrons. The number of benzene rings is 1. The number of para-hydroxylation sites is 1. The Kier molecular flexibility index (Phi) is 4.94. The number of nitrogens with zero attached hydrogens (tertiary/aromatic N) is 1. The molecular weight excluding hydrogens is 268 g/mol. The lowest BCUT2D eigenvalue weighted by molar-refractivity contribution is -0.134. The van der Waals surface area contributed by atoms with Crippen molar-refractivity contribution in [1.82, 2.24) is 5.32 Å². The largest absolute Gasteiger partial charge is 0.493 e. The van der Waals surface area contributed by atoms with Gasteiger partial charge in [-0.25, -0.2) is 0 Å². The summed E-state index contributed by atoms with van der Waals surface area (Å²) < 4.78 is 5.55. The van der Waals surface area contributed by atoms with E-state index in [0.717, 1.165) is 17.7 Å². The van der Waals surface area contributed by atoms with E-state index in [-0.39, 0.29) is 12.4 Å². The van der Waals surface area contributed by atoms with Crippen molar-refractivity contribution in [2.75, 3.05) is 13.2 Å². The molecule has 1 N–H and O–H groups in total. The number of hydrogen-bond donors (Lipinski definition) is 1. The Morgan fingerprint density at radius 2 is 2.24 bits per heavy atom. The lowest BCUT2D eigenvalue weighted by atomic mass is 9.87. The number of hydrogen-bond acceptors (Lipinski definition) is 4. The third-order valence-electron chi connectivity index (χ3n) is 3.51. The highest BCUT2D eigenvalue weighted by atomic mass is 16.5. The Bertz CT molecular complexity index is 577. The zero-order chi connectivity index (χ0) is 15.2. The second-order valence-corrected chi connectivity index (χ2v) is 5.08. The van der Waals surface area contributed by atoms with Gasteiger partial charge in [0.1, 0.15) is 5.75 Å². The van der Waals surface area contributed by atoms with Gasteiger partial charge in [-0.05, 0) is 24.5 Å². The Hall–Kier alpha value is -2.35. The molecule has 0 saturated carbocycles. The fourth-order valence-corrected chi connectivity index (χ4v) is 2.35. The first-order valence-corrected chi connectivity index (χ1v) is 7.09. The highest BCUT2D eigenvalue weighted by molar-refractivity contribution is 6.05. The zero-order valence-electron chi connectivity index (χ0n) is 12.0. The molecule has 2 atom stereocenters. The normalized spacial score (nSPS) is 17.8. The van der Waals surface area contributed by atoms with Crippen LogP contribution in [0.25, 0.3) is 0 Å². The van der Waals surface area contributed by atoms with E-state index < -0.39 is 17.7 Å². The van der Waals surface area contributed by atoms with E-state index >= 15 is 0 Å². The molecule has 21 heavy (non-hydrogen) atoms. The summed E-state index contributed by atoms with van der Waals surface area (Å²) in [7, 11) is 0. The minimum atomic E-state index is -1.25. The van der Waals surface area contributed by atoms with Crippen LogP contribution in [0.5, 0.6) is 5.75 Å². The number of Topliss-reactive ketones (excluding diaryl/α,β-unsaturated/α-hetero) is 1. The molecule has 1 aliphatic heterocycles. The summed E-state index contributed by atoms with van der Waals surface area (Å²) >= 11 is 0. The summed E-state index contributed by atoms with van der Waals surface area (Å²) in [5.41, 5.74) is 0.938. The van der Waals surface area contributed by atoms with Gasteiger partial charge in [0.25, 0.3) is 0 Å². The number of ether oxygens (including phenoxy) is 1. The first-order valence-electron chi connectivity index (χ1n) is 7.09. The number of carbonyl (C=O) groups is 2. The van der Waals surface area contributed by atoms with E-state index in [1.54, 1.807) is 0 Å². The van der Waals surface area contributed by atoms with E-state index in [1.165, 1.54) is 0 Å². The van der Waals surface area contributed by atoms with Crippen molar-refractivity contribution >= 4 is 11.7 Å². The predicted molar refractivity (Wildman–Crippen MR) is 76.5 cm³/mol. The molecule has 0 aliphatic carbocycles. The SMILES string of the molecule is CCCNC(=O)C(C#N)C(=O)C1COc2ccccc2C1. The third kappa shape index (κ3) is 3.40. The maximum Gasteiger partial charge on any atom is 0.245 e. The Balaban J connectivity index is 2.06. The van der Waals surface area contributed by atoms with Gasteiger partial charge in [0, 0.05) is 6.54 Å². The van der Waals surface area contributed by atoms with Crippen molar-refractivity contribution in [3.8, 4) is 11.8 Å². The molecule has 1 aliphatic rings. The van der Waals surface area contributed by atoms with Crippen molar-refractivity contribution in [2.45, 2.75) is 19.8 Å². The average Bonchev–Trinajstić information content (AvgIpc) is 2.53. The van der Waals surface area contributed by atoms with Crippen LogP contribution in [0.2, 0.25) is 0 Å². The maximum absolute atomic E-state index is 12.4. The molecular formula is C16H18N2O3. The monoisotopic (exact) mass is 286 g/mol. The van der Waals surface area contributed by atoms with Crippen molar-refractivity contribution in [2.24, 2.45) is 11.8 Å². The van der Waals surface area contributed by atoms with Gasteiger partial charge in [0.2, 0.25) is 5.91 Å². The van der Waals surface area contributed by atoms with Crippen LogP contribution in [0.1, 0.15) is 18.9 Å². The number of ketones is 1. The lowest BCUT2D eigenvalue weighted by Gasteiger charge is -2.25. The molecule has 2 rings (SSSR count). The average molecular weight is 286 g/mol. The second-order valence-electron chi connectivity index (χ2n) is 5.08. The quantitative estimate of drug-likeness (QED) is 0.831. The minimum absolute atomic E-state index is 0.217. The van der Waals surface area contributed by atoms with Crippen LogP contribution in [0.15, 0.2) is 24.3 Å². The molecule has 1 aromatic rings. The molecule has 0 bridgehead atoms. The molecule has 5 nitrogen and oxygen atoms in total. The van der Waals surface area contributed by atoms with Crippen LogP contribution < -0.4 is 10.1 Å². The Morgan fingerprint density at radius 3 is 2.95 bits per heavy atom. The predicted octanol–water partition coefficient (Wildman–Crippen LogP) is 1.47. The Labute approximate surface area is 123 Å². The molecule has 0 fully saturated rings. The number of amides is 1. The number of nitriles is 1. The summed E-state index contributed by atoms with van der Waals surface area (Å²) in [5, 5.41) is 11.7. The van der Waals surface area contributed by atoms with E-state index in [0.29, 0.717) is 13.0 Å². The van der Waals surface area contributed by atoms with Crippen LogP contribution in [0.4, 0.5) is 0 Å². The van der Waals surface area contributed by atoms with Gasteiger partial charge in [-0.3, -0.25) is 9.59 Å². The van der Waals surface area contributed by atoms with Crippen molar-refractivity contribution in [3.63, 3.8) is 0 Å². The van der Waals surface area contributed by atoms with Crippen LogP contribution in [0, 0.1) is 23.2 Å². The van der Waals surface area contributed by atoms with Crippen LogP contribution in [-0.4, -0.2) is 24.8 Å². The topological polar surface area (TPSA) is 79.2 Å². The highest BCUT2D eigenvalue weighted by Gasteiger charge is 2.35. The first kappa shape index (κ1) is 15.0. The van der Waals surface area contributed by atoms with Gasteiger partial charge >= 0.3 is 0 Å². The third-order valence-corrected chi connectivity index (χ3v) is 3.51. The standard InChI is InChI=1S/C16H18N2O3/c1-2-7-18-16(20)13(9-17)15(19)12-8-11-5-3-4-6-14(11)21-10-12/h3-6,12-13H,2,7-8,10H2,1H3,(H,18,20). The number of carbonyl (C=O) groups excluding carboxylic acids is 2. The smallest absolute Gasteiger partial charge is 0.245 e. The van der Waals surface area contributed by atoms with Crippen molar-refractivity contribution in [1.29, 1.82) is 5.26 Å². The van der Waals surface area contributed by atoms with Crippen LogP contribution in [-0.2, 0) is 16.0 Å². The first-order chi connectivity index (χ1) is 10.2. The molecule has 5 heteroatoms. The molecule has 0 saturated heterocycles. The molecule has 0 radical (unpaired) electrons. The minimum Gasteiger partial charge on any atom is -0.493 e. The zero-order valence-corrected chi connectivity index (χ0v) is 12.0. The Morgan fingerprint density at radius 1 is 1.48 bits per heavy atom. The molecule has 0 aromatic heterocycles. The van der Waals surface area contributed by atoms with Crippen molar-refractivity contribution < 1.29 is 14.3 Å². The summed E-state index contributed by atoms with van der Waals surface area (Å²) in [6.45, 7) is 2.60. The van der Waals surface area contributed by atoms with E-state index in [1.807, 2.05) is 37.3 Å². The molecule has 1 amide bonds. The summed E-state index contributed by atoms with van der Waals surface area (Å²) in [5.74, 6) is -1.80. The molecule has 2 unspecified atom stereocenters. The van der Waals surface area contributed by atoms with Crippen molar-refractivity contribution in [3.05, 3.63) is 29.8 Å². The van der Waals surface area contributed by atoms with Crippen LogP contribution in [0.3, 0.4) is 0 Å². The molecule has 0 spiro atoms. The van der Waals surface area contributed by atoms with Gasteiger partial charge in [-0.1, -0.05) is 25.1 Å². The maximum atomic E-state index is 12.4. The van der Waals surface area contributed by atoms with Gasteiger partial charge < -0.3 is 10.1 Å². The van der Waals surface area contributed by atoms with Gasteiger partial charge in [0.15, 0.2) is 11.7 Å². The summed E-state index contributed by atoms with van der Waals surface area (Å²) in [6.07, 6.45) is 1.27. The number of nitrogens with one attached hydrogen (secondary N) is 1. The fraction of sp³-hybridized carbons (Fsp3) is 0.438. The molecule has 1 heterocycles. The van der Waals surface area contributed by atoms with Gasteiger partial charge in [0.05, 0.1) is 18.6 Å². The lowest BCUT2D eigenvalue weighted by Crippen LogP contribution is -2.40. The van der Waals surface area contributed by atoms with E-state index in [9.17, 15) is 9.59 Å². The van der Waals surface area contributed by atoms with Crippen LogP contribution >= 0.6 is 0 Å². The molecule has 1 aromatic carbocycles. The number of rotatable bonds is 5. The number of fused-ring (bicyclic) bond motifs is 1. The second kappa shape index (κ2) is 6.89.